The Balaban J connectivity index is 3.07. The highest BCUT2D eigenvalue weighted by Crippen LogP contribution is 2.15. The summed E-state index contributed by atoms with van der Waals surface area (Å²) in [5.74, 6) is 0.954. The zero-order valence-electron chi connectivity index (χ0n) is 6.19. The van der Waals surface area contributed by atoms with Crippen molar-refractivity contribution in [1.29, 1.82) is 0 Å². The first-order valence-electron chi connectivity index (χ1n) is 3.19. The minimum absolute atomic E-state index is 0.478. The van der Waals surface area contributed by atoms with Crippen LogP contribution in [-0.2, 0) is 13.5 Å². The molecule has 0 atom stereocenters. The van der Waals surface area contributed by atoms with Crippen molar-refractivity contribution < 1.29 is 4.57 Å². The van der Waals surface area contributed by atoms with E-state index in [0.29, 0.717) is 10.3 Å². The summed E-state index contributed by atoms with van der Waals surface area (Å²) in [6.07, 6.45) is 2.53. The second-order valence-electron chi connectivity index (χ2n) is 2.23. The molecule has 11 heavy (non-hydrogen) atoms. The molecule has 1 heterocycles. The first-order valence-corrected chi connectivity index (χ1v) is 3.95. The molecule has 1 aromatic rings. The van der Waals surface area contributed by atoms with E-state index in [1.165, 1.54) is 0 Å². The van der Waals surface area contributed by atoms with Gasteiger partial charge in [-0.25, -0.2) is 9.55 Å². The summed E-state index contributed by atoms with van der Waals surface area (Å²) in [5, 5.41) is 1.01. The summed E-state index contributed by atoms with van der Waals surface area (Å²) in [6.45, 7) is 3.62. The van der Waals surface area contributed by atoms with Crippen LogP contribution in [0.3, 0.4) is 0 Å². The van der Waals surface area contributed by atoms with Gasteiger partial charge < -0.3 is 0 Å². The van der Waals surface area contributed by atoms with Crippen molar-refractivity contribution in [3.05, 3.63) is 28.8 Å². The lowest BCUT2D eigenvalue weighted by Crippen LogP contribution is -2.31. The van der Waals surface area contributed by atoms with Gasteiger partial charge in [0.2, 0.25) is 0 Å². The van der Waals surface area contributed by atoms with Gasteiger partial charge in [0.05, 0.1) is 13.5 Å². The third kappa shape index (κ3) is 1.57. The average molecular weight is 192 g/mol. The first kappa shape index (κ1) is 8.62. The molecule has 1 N–H and O–H groups in total. The van der Waals surface area contributed by atoms with Crippen LogP contribution in [0.1, 0.15) is 5.82 Å². The third-order valence-corrected chi connectivity index (χ3v) is 2.28. The average Bonchev–Trinajstić information content (AvgIpc) is 2.19. The lowest BCUT2D eigenvalue weighted by molar-refractivity contribution is -0.675. The molecular formula is C7H9Cl2N2+. The Kier molecular flexibility index (Phi) is 2.58. The molecule has 1 rings (SSSR count). The zero-order chi connectivity index (χ0) is 8.43. The molecule has 0 saturated heterocycles. The third-order valence-electron chi connectivity index (χ3n) is 1.47. The van der Waals surface area contributed by atoms with Crippen LogP contribution in [-0.4, -0.2) is 4.98 Å². The van der Waals surface area contributed by atoms with Crippen LogP contribution in [0.15, 0.2) is 12.7 Å². The van der Waals surface area contributed by atoms with Gasteiger partial charge in [-0.05, 0) is 23.2 Å². The Labute approximate surface area is 75.4 Å². The first-order chi connectivity index (χ1) is 5.16. The topological polar surface area (TPSA) is 19.7 Å². The summed E-state index contributed by atoms with van der Waals surface area (Å²) < 4.78 is 1.80. The van der Waals surface area contributed by atoms with Gasteiger partial charge in [-0.15, -0.1) is 6.58 Å². The summed E-state index contributed by atoms with van der Waals surface area (Å²) in [7, 11) is 1.85. The maximum absolute atomic E-state index is 5.80. The Morgan fingerprint density at radius 3 is 2.64 bits per heavy atom. The van der Waals surface area contributed by atoms with Gasteiger partial charge in [-0.1, -0.05) is 6.08 Å². The van der Waals surface area contributed by atoms with E-state index >= 15 is 0 Å². The molecule has 0 unspecified atom stereocenters. The molecule has 0 aliphatic rings. The van der Waals surface area contributed by atoms with Gasteiger partial charge in [0.15, 0.2) is 0 Å². The minimum atomic E-state index is 0.478. The van der Waals surface area contributed by atoms with Crippen LogP contribution >= 0.6 is 23.2 Å². The van der Waals surface area contributed by atoms with Crippen LogP contribution in [0, 0.1) is 0 Å². The molecule has 0 amide bonds. The van der Waals surface area contributed by atoms with E-state index in [1.54, 1.807) is 10.6 Å². The van der Waals surface area contributed by atoms with E-state index in [2.05, 4.69) is 11.6 Å². The number of allylic oxidation sites excluding steroid dienone is 1. The van der Waals surface area contributed by atoms with E-state index in [1.807, 2.05) is 7.05 Å². The van der Waals surface area contributed by atoms with Crippen molar-refractivity contribution in [3.63, 3.8) is 0 Å². The normalized spacial score (nSPS) is 10.1. The highest BCUT2D eigenvalue weighted by atomic mass is 35.5. The SMILES string of the molecule is C=CCc1[nH]c(Cl)c(Cl)[n+]1C. The second-order valence-corrected chi connectivity index (χ2v) is 2.96. The molecule has 2 nitrogen and oxygen atoms in total. The van der Waals surface area contributed by atoms with E-state index in [0.717, 1.165) is 12.2 Å². The number of hydrogen-bond acceptors (Lipinski definition) is 0. The number of halogens is 2. The van der Waals surface area contributed by atoms with Gasteiger partial charge >= 0.3 is 0 Å². The van der Waals surface area contributed by atoms with E-state index in [4.69, 9.17) is 23.2 Å². The van der Waals surface area contributed by atoms with Crippen molar-refractivity contribution >= 4 is 23.2 Å². The molecule has 0 aromatic carbocycles. The monoisotopic (exact) mass is 191 g/mol. The van der Waals surface area contributed by atoms with E-state index in [-0.39, 0.29) is 0 Å². The van der Waals surface area contributed by atoms with Crippen molar-refractivity contribution in [1.82, 2.24) is 4.98 Å². The molecule has 0 aliphatic heterocycles. The molecular weight excluding hydrogens is 183 g/mol. The van der Waals surface area contributed by atoms with Crippen LogP contribution in [0.5, 0.6) is 0 Å². The van der Waals surface area contributed by atoms with Gasteiger partial charge in [0.25, 0.3) is 16.1 Å². The minimum Gasteiger partial charge on any atom is -0.230 e. The number of rotatable bonds is 2. The summed E-state index contributed by atoms with van der Waals surface area (Å²) in [4.78, 5) is 2.94. The number of nitrogens with zero attached hydrogens (tertiary/aromatic N) is 1. The zero-order valence-corrected chi connectivity index (χ0v) is 7.71. The molecule has 60 valence electrons. The van der Waals surface area contributed by atoms with Gasteiger partial charge in [-0.2, -0.15) is 0 Å². The molecule has 0 aliphatic carbocycles. The predicted octanol–water partition coefficient (Wildman–Crippen LogP) is 1.87. The van der Waals surface area contributed by atoms with Gasteiger partial charge in [-0.3, -0.25) is 0 Å². The fraction of sp³-hybridized carbons (Fsp3) is 0.286. The quantitative estimate of drug-likeness (QED) is 0.545. The molecule has 1 aromatic heterocycles. The van der Waals surface area contributed by atoms with E-state index in [9.17, 15) is 0 Å². The van der Waals surface area contributed by atoms with Crippen LogP contribution in [0.2, 0.25) is 10.3 Å². The summed E-state index contributed by atoms with van der Waals surface area (Å²) in [5.41, 5.74) is 0. The highest BCUT2D eigenvalue weighted by molar-refractivity contribution is 6.39. The number of aromatic nitrogens is 2. The van der Waals surface area contributed by atoms with Crippen LogP contribution in [0.4, 0.5) is 0 Å². The van der Waals surface area contributed by atoms with Crippen molar-refractivity contribution in [3.8, 4) is 0 Å². The molecule has 0 fully saturated rings. The Morgan fingerprint density at radius 1 is 1.64 bits per heavy atom. The van der Waals surface area contributed by atoms with Crippen molar-refractivity contribution in [2.75, 3.05) is 0 Å². The molecule has 0 radical (unpaired) electrons. The molecule has 0 spiro atoms. The largest absolute Gasteiger partial charge is 0.260 e. The molecule has 0 saturated carbocycles. The second kappa shape index (κ2) is 3.28. The number of imidazole rings is 1. The smallest absolute Gasteiger partial charge is 0.230 e. The fourth-order valence-corrected chi connectivity index (χ4v) is 1.24. The van der Waals surface area contributed by atoms with E-state index < -0.39 is 0 Å². The maximum atomic E-state index is 5.80. The Bertz CT molecular complexity index is 278. The lowest BCUT2D eigenvalue weighted by atomic mass is 10.4. The molecule has 0 bridgehead atoms. The fourth-order valence-electron chi connectivity index (χ4n) is 0.853. The van der Waals surface area contributed by atoms with Crippen LogP contribution in [0.25, 0.3) is 0 Å². The Hall–Kier alpha value is -0.470. The maximum Gasteiger partial charge on any atom is 0.260 e. The summed E-state index contributed by atoms with van der Waals surface area (Å²) in [6, 6.07) is 0. The number of H-pyrrole nitrogens is 1. The predicted molar refractivity (Wildman–Crippen MR) is 45.9 cm³/mol. The highest BCUT2D eigenvalue weighted by Gasteiger charge is 2.16. The number of aromatic amines is 1. The van der Waals surface area contributed by atoms with Gasteiger partial charge in [0, 0.05) is 0 Å². The number of hydrogen-bond donors (Lipinski definition) is 1. The van der Waals surface area contributed by atoms with Gasteiger partial charge in [0.1, 0.15) is 0 Å². The lowest BCUT2D eigenvalue weighted by Gasteiger charge is -1.87. The standard InChI is InChI=1S/C7H8Cl2N2/c1-3-4-5-10-6(8)7(9)11(5)2/h3H,1,4H2,2H3/p+1. The number of nitrogens with one attached hydrogen (secondary N) is 1. The van der Waals surface area contributed by atoms with Crippen molar-refractivity contribution in [2.24, 2.45) is 7.05 Å². The van der Waals surface area contributed by atoms with Crippen LogP contribution < -0.4 is 4.57 Å². The summed E-state index contributed by atoms with van der Waals surface area (Å²) >= 11 is 11.5. The van der Waals surface area contributed by atoms with Crippen molar-refractivity contribution in [2.45, 2.75) is 6.42 Å². The molecule has 4 heteroatoms. The Morgan fingerprint density at radius 2 is 2.27 bits per heavy atom.